The van der Waals surface area contributed by atoms with E-state index in [-0.39, 0.29) is 11.5 Å². The number of aryl methyl sites for hydroxylation is 1. The number of imidazole rings is 1. The molecule has 2 aromatic carbocycles. The lowest BCUT2D eigenvalue weighted by Crippen LogP contribution is -2.24. The van der Waals surface area contributed by atoms with Crippen LogP contribution < -0.4 is 4.31 Å². The molecule has 8 heteroatoms. The van der Waals surface area contributed by atoms with E-state index in [1.165, 1.54) is 23.1 Å². The minimum absolute atomic E-state index is 0.0415. The Hall–Kier alpha value is -2.32. The van der Waals surface area contributed by atoms with E-state index in [4.69, 9.17) is 0 Å². The van der Waals surface area contributed by atoms with Gasteiger partial charge in [-0.1, -0.05) is 17.8 Å². The zero-order valence-corrected chi connectivity index (χ0v) is 16.3. The summed E-state index contributed by atoms with van der Waals surface area (Å²) in [5, 5.41) is 0.701. The summed E-state index contributed by atoms with van der Waals surface area (Å²) in [6, 6.07) is 12.5. The number of sulfonamides is 1. The van der Waals surface area contributed by atoms with Crippen LogP contribution in [0.1, 0.15) is 15.9 Å². The zero-order valence-electron chi connectivity index (χ0n) is 14.7. The molecule has 0 bridgehead atoms. The first-order chi connectivity index (χ1) is 12.2. The molecule has 26 heavy (non-hydrogen) atoms. The van der Waals surface area contributed by atoms with E-state index in [1.54, 1.807) is 24.3 Å². The van der Waals surface area contributed by atoms with Gasteiger partial charge < -0.3 is 4.98 Å². The van der Waals surface area contributed by atoms with Gasteiger partial charge >= 0.3 is 0 Å². The lowest BCUT2D eigenvalue weighted by Gasteiger charge is -2.16. The highest BCUT2D eigenvalue weighted by Crippen LogP contribution is 2.22. The molecule has 136 valence electrons. The summed E-state index contributed by atoms with van der Waals surface area (Å²) < 4.78 is 24.3. The Balaban J connectivity index is 1.67. The number of nitrogens with one attached hydrogen (secondary N) is 1. The molecule has 1 heterocycles. The van der Waals surface area contributed by atoms with Crippen LogP contribution in [0, 0.1) is 6.92 Å². The van der Waals surface area contributed by atoms with Crippen LogP contribution in [-0.4, -0.2) is 43.2 Å². The Kier molecular flexibility index (Phi) is 5.06. The Morgan fingerprint density at radius 1 is 1.19 bits per heavy atom. The normalized spacial score (nSPS) is 11.7. The number of Topliss-reactive ketones (excluding diaryl/α,β-unsaturated/α-hetero) is 1. The van der Waals surface area contributed by atoms with Crippen molar-refractivity contribution in [2.75, 3.05) is 23.4 Å². The van der Waals surface area contributed by atoms with Crippen LogP contribution >= 0.6 is 11.8 Å². The van der Waals surface area contributed by atoms with Crippen molar-refractivity contribution in [3.8, 4) is 0 Å². The number of fused-ring (bicyclic) bond motifs is 1. The van der Waals surface area contributed by atoms with E-state index < -0.39 is 10.0 Å². The van der Waals surface area contributed by atoms with Gasteiger partial charge in [-0.15, -0.1) is 0 Å². The van der Waals surface area contributed by atoms with Crippen molar-refractivity contribution < 1.29 is 13.2 Å². The predicted octanol–water partition coefficient (Wildman–Crippen LogP) is 3.24. The van der Waals surface area contributed by atoms with Crippen LogP contribution in [0.3, 0.4) is 0 Å². The Bertz CT molecular complexity index is 1060. The number of aromatic nitrogens is 2. The van der Waals surface area contributed by atoms with Gasteiger partial charge in [-0.3, -0.25) is 9.10 Å². The van der Waals surface area contributed by atoms with Crippen molar-refractivity contribution in [2.45, 2.75) is 12.1 Å². The van der Waals surface area contributed by atoms with Gasteiger partial charge in [-0.25, -0.2) is 13.4 Å². The quantitative estimate of drug-likeness (QED) is 0.517. The summed E-state index contributed by atoms with van der Waals surface area (Å²) in [7, 11) is -1.84. The summed E-state index contributed by atoms with van der Waals surface area (Å²) >= 11 is 1.35. The van der Waals surface area contributed by atoms with Crippen molar-refractivity contribution in [1.82, 2.24) is 9.97 Å². The van der Waals surface area contributed by atoms with Crippen molar-refractivity contribution in [2.24, 2.45) is 0 Å². The number of benzene rings is 2. The number of aromatic amines is 1. The highest BCUT2D eigenvalue weighted by atomic mass is 32.2. The molecule has 0 aliphatic heterocycles. The first kappa shape index (κ1) is 18.5. The summed E-state index contributed by atoms with van der Waals surface area (Å²) in [4.78, 5) is 20.0. The van der Waals surface area contributed by atoms with E-state index in [0.29, 0.717) is 16.4 Å². The SMILES string of the molecule is Cc1ccc2nc(SCC(=O)c3ccc(N(C)S(C)(=O)=O)cc3)[nH]c2c1. The summed E-state index contributed by atoms with van der Waals surface area (Å²) in [6.45, 7) is 2.02. The topological polar surface area (TPSA) is 83.1 Å². The lowest BCUT2D eigenvalue weighted by atomic mass is 10.1. The number of carbonyl (C=O) groups excluding carboxylic acids is 1. The minimum Gasteiger partial charge on any atom is -0.333 e. The van der Waals surface area contributed by atoms with E-state index in [2.05, 4.69) is 9.97 Å². The van der Waals surface area contributed by atoms with Crippen LogP contribution in [0.25, 0.3) is 11.0 Å². The molecule has 1 aromatic heterocycles. The molecule has 0 aliphatic carbocycles. The number of anilines is 1. The van der Waals surface area contributed by atoms with E-state index in [9.17, 15) is 13.2 Å². The molecule has 0 spiro atoms. The molecule has 0 saturated carbocycles. The highest BCUT2D eigenvalue weighted by molar-refractivity contribution is 7.99. The second-order valence-corrected chi connectivity index (χ2v) is 9.03. The van der Waals surface area contributed by atoms with Crippen molar-refractivity contribution >= 4 is 44.3 Å². The maximum absolute atomic E-state index is 12.4. The zero-order chi connectivity index (χ0) is 18.9. The minimum atomic E-state index is -3.32. The number of ketones is 1. The van der Waals surface area contributed by atoms with Gasteiger partial charge in [0.1, 0.15) is 0 Å². The molecular weight excluding hydrogens is 370 g/mol. The molecule has 6 nitrogen and oxygen atoms in total. The molecular formula is C18H19N3O3S2. The largest absolute Gasteiger partial charge is 0.333 e. The first-order valence-corrected chi connectivity index (χ1v) is 10.7. The molecule has 3 aromatic rings. The lowest BCUT2D eigenvalue weighted by molar-refractivity contribution is 0.102. The average molecular weight is 390 g/mol. The van der Waals surface area contributed by atoms with Gasteiger partial charge in [0.05, 0.1) is 28.7 Å². The second-order valence-electron chi connectivity index (χ2n) is 6.05. The standard InChI is InChI=1S/C18H19N3O3S2/c1-12-4-9-15-16(10-12)20-18(19-15)25-11-17(22)13-5-7-14(8-6-13)21(2)26(3,23)24/h4-10H,11H2,1-3H3,(H,19,20). The fourth-order valence-electron chi connectivity index (χ4n) is 2.43. The maximum Gasteiger partial charge on any atom is 0.231 e. The van der Waals surface area contributed by atoms with Crippen LogP contribution in [0.4, 0.5) is 5.69 Å². The average Bonchev–Trinajstić information content (AvgIpc) is 3.00. The summed E-state index contributed by atoms with van der Waals surface area (Å²) in [5.41, 5.74) is 4.03. The molecule has 0 saturated heterocycles. The van der Waals surface area contributed by atoms with Gasteiger partial charge in [-0.05, 0) is 48.9 Å². The molecule has 0 aliphatic rings. The summed E-state index contributed by atoms with van der Waals surface area (Å²) in [5.74, 6) is 0.209. The van der Waals surface area contributed by atoms with Crippen LogP contribution in [0.2, 0.25) is 0 Å². The smallest absolute Gasteiger partial charge is 0.231 e. The van der Waals surface area contributed by atoms with E-state index in [0.717, 1.165) is 22.9 Å². The van der Waals surface area contributed by atoms with Crippen molar-refractivity contribution in [3.63, 3.8) is 0 Å². The van der Waals surface area contributed by atoms with Crippen LogP contribution in [0.15, 0.2) is 47.6 Å². The van der Waals surface area contributed by atoms with Gasteiger partial charge in [0.2, 0.25) is 10.0 Å². The third-order valence-corrected chi connectivity index (χ3v) is 6.09. The van der Waals surface area contributed by atoms with Crippen molar-refractivity contribution in [1.29, 1.82) is 0 Å². The third kappa shape index (κ3) is 4.08. The number of carbonyl (C=O) groups is 1. The Morgan fingerprint density at radius 2 is 1.88 bits per heavy atom. The fourth-order valence-corrected chi connectivity index (χ4v) is 3.72. The molecule has 0 atom stereocenters. The molecule has 1 N–H and O–H groups in total. The Morgan fingerprint density at radius 3 is 2.54 bits per heavy atom. The number of nitrogens with zero attached hydrogens (tertiary/aromatic N) is 2. The van der Waals surface area contributed by atoms with Crippen LogP contribution in [-0.2, 0) is 10.0 Å². The van der Waals surface area contributed by atoms with Gasteiger partial charge in [0.25, 0.3) is 0 Å². The highest BCUT2D eigenvalue weighted by Gasteiger charge is 2.13. The maximum atomic E-state index is 12.4. The fraction of sp³-hybridized carbons (Fsp3) is 0.222. The number of H-pyrrole nitrogens is 1. The number of hydrogen-bond acceptors (Lipinski definition) is 5. The number of rotatable bonds is 6. The molecule has 0 radical (unpaired) electrons. The van der Waals surface area contributed by atoms with E-state index >= 15 is 0 Å². The molecule has 0 fully saturated rings. The van der Waals surface area contributed by atoms with Gasteiger partial charge in [-0.2, -0.15) is 0 Å². The first-order valence-electron chi connectivity index (χ1n) is 7.90. The van der Waals surface area contributed by atoms with Gasteiger partial charge in [0, 0.05) is 12.6 Å². The predicted molar refractivity (Wildman–Crippen MR) is 106 cm³/mol. The Labute approximate surface area is 156 Å². The third-order valence-electron chi connectivity index (χ3n) is 4.01. The molecule has 0 unspecified atom stereocenters. The number of hydrogen-bond donors (Lipinski definition) is 1. The molecule has 0 amide bonds. The van der Waals surface area contributed by atoms with Gasteiger partial charge in [0.15, 0.2) is 10.9 Å². The van der Waals surface area contributed by atoms with Crippen molar-refractivity contribution in [3.05, 3.63) is 53.6 Å². The second kappa shape index (κ2) is 7.13. The van der Waals surface area contributed by atoms with E-state index in [1.807, 2.05) is 25.1 Å². The van der Waals surface area contributed by atoms with Crippen LogP contribution in [0.5, 0.6) is 0 Å². The molecule has 3 rings (SSSR count). The monoisotopic (exact) mass is 389 g/mol. The summed E-state index contributed by atoms with van der Waals surface area (Å²) in [6.07, 6.45) is 1.14. The number of thioether (sulfide) groups is 1.